The van der Waals surface area contributed by atoms with Gasteiger partial charge < -0.3 is 0 Å². The molecule has 3 rings (SSSR count). The van der Waals surface area contributed by atoms with E-state index in [1.165, 1.54) is 0 Å². The number of aromatic nitrogens is 3. The first-order valence-electron chi connectivity index (χ1n) is 6.61. The maximum atomic E-state index is 5.67. The van der Waals surface area contributed by atoms with Gasteiger partial charge in [0.2, 0.25) is 0 Å². The summed E-state index contributed by atoms with van der Waals surface area (Å²) in [4.78, 5) is 9.18. The lowest BCUT2D eigenvalue weighted by molar-refractivity contribution is 0.721. The molecule has 2 heterocycles. The fraction of sp³-hybridized carbons (Fsp3) is 0.188. The molecule has 0 aliphatic heterocycles. The van der Waals surface area contributed by atoms with Crippen molar-refractivity contribution in [2.24, 2.45) is 0 Å². The molecule has 0 saturated heterocycles. The summed E-state index contributed by atoms with van der Waals surface area (Å²) < 4.78 is 2.74. The summed E-state index contributed by atoms with van der Waals surface area (Å²) in [6.45, 7) is 4.23. The second-order valence-electron chi connectivity index (χ2n) is 4.97. The molecule has 0 amide bonds. The molecule has 0 aliphatic rings. The van der Waals surface area contributed by atoms with Crippen LogP contribution in [0.25, 0.3) is 16.7 Å². The number of rotatable bonds is 2. The van der Waals surface area contributed by atoms with Crippen molar-refractivity contribution in [3.63, 3.8) is 0 Å². The van der Waals surface area contributed by atoms with E-state index < -0.39 is 0 Å². The van der Waals surface area contributed by atoms with E-state index in [1.54, 1.807) is 6.20 Å². The van der Waals surface area contributed by atoms with Crippen LogP contribution in [0, 0.1) is 4.64 Å². The van der Waals surface area contributed by atoms with Gasteiger partial charge in [0.15, 0.2) is 0 Å². The van der Waals surface area contributed by atoms with Crippen LogP contribution in [0.4, 0.5) is 0 Å². The Bertz CT molecular complexity index is 807. The number of pyridine rings is 1. The van der Waals surface area contributed by atoms with Gasteiger partial charge in [0.1, 0.15) is 16.3 Å². The van der Waals surface area contributed by atoms with Gasteiger partial charge >= 0.3 is 0 Å². The van der Waals surface area contributed by atoms with Crippen LogP contribution in [0.2, 0.25) is 0 Å². The summed E-state index contributed by atoms with van der Waals surface area (Å²) in [7, 11) is 0. The highest BCUT2D eigenvalue weighted by Gasteiger charge is 2.13. The Morgan fingerprint density at radius 3 is 2.50 bits per heavy atom. The van der Waals surface area contributed by atoms with Gasteiger partial charge in [-0.1, -0.05) is 44.3 Å². The monoisotopic (exact) mass is 281 g/mol. The first-order chi connectivity index (χ1) is 9.68. The fourth-order valence-electron chi connectivity index (χ4n) is 2.24. The summed E-state index contributed by atoms with van der Waals surface area (Å²) in [5, 5.41) is 0.984. The standard InChI is InChI=1S/C16H15N3S/c1-11(2)15-18-13-8-4-3-7-12(13)16(20)19(15)14-9-5-6-10-17-14/h3-11H,1-2H3. The maximum absolute atomic E-state index is 5.67. The Kier molecular flexibility index (Phi) is 3.32. The largest absolute Gasteiger partial charge is 0.272 e. The van der Waals surface area contributed by atoms with Crippen LogP contribution >= 0.6 is 12.2 Å². The highest BCUT2D eigenvalue weighted by Crippen LogP contribution is 2.22. The third kappa shape index (κ3) is 2.12. The van der Waals surface area contributed by atoms with Crippen molar-refractivity contribution >= 4 is 23.1 Å². The van der Waals surface area contributed by atoms with E-state index in [1.807, 2.05) is 47.0 Å². The van der Waals surface area contributed by atoms with E-state index in [-0.39, 0.29) is 5.92 Å². The highest BCUT2D eigenvalue weighted by atomic mass is 32.1. The first-order valence-corrected chi connectivity index (χ1v) is 7.02. The molecular weight excluding hydrogens is 266 g/mol. The van der Waals surface area contributed by atoms with Crippen molar-refractivity contribution in [2.45, 2.75) is 19.8 Å². The predicted molar refractivity (Wildman–Crippen MR) is 83.8 cm³/mol. The molecule has 3 aromatic rings. The lowest BCUT2D eigenvalue weighted by atomic mass is 10.1. The van der Waals surface area contributed by atoms with Crippen molar-refractivity contribution in [3.8, 4) is 5.82 Å². The van der Waals surface area contributed by atoms with Crippen molar-refractivity contribution in [3.05, 3.63) is 59.1 Å². The van der Waals surface area contributed by atoms with Gasteiger partial charge in [-0.05, 0) is 24.3 Å². The summed E-state index contributed by atoms with van der Waals surface area (Å²) in [5.41, 5.74) is 0.938. The molecule has 0 unspecified atom stereocenters. The third-order valence-corrected chi connectivity index (χ3v) is 3.60. The smallest absolute Gasteiger partial charge is 0.139 e. The minimum atomic E-state index is 0.267. The number of fused-ring (bicyclic) bond motifs is 1. The van der Waals surface area contributed by atoms with Crippen LogP contribution in [0.15, 0.2) is 48.7 Å². The van der Waals surface area contributed by atoms with Crippen LogP contribution in [0.3, 0.4) is 0 Å². The molecule has 4 heteroatoms. The number of benzene rings is 1. The number of para-hydroxylation sites is 1. The summed E-state index contributed by atoms with van der Waals surface area (Å²) in [6.07, 6.45) is 1.77. The van der Waals surface area contributed by atoms with Crippen LogP contribution < -0.4 is 0 Å². The van der Waals surface area contributed by atoms with Gasteiger partial charge in [-0.3, -0.25) is 4.57 Å². The molecule has 1 aromatic carbocycles. The Morgan fingerprint density at radius 1 is 1.05 bits per heavy atom. The molecule has 0 fully saturated rings. The van der Waals surface area contributed by atoms with Gasteiger partial charge in [0, 0.05) is 17.5 Å². The van der Waals surface area contributed by atoms with E-state index in [2.05, 4.69) is 18.8 Å². The first kappa shape index (κ1) is 12.9. The van der Waals surface area contributed by atoms with Crippen LogP contribution in [-0.2, 0) is 0 Å². The average molecular weight is 281 g/mol. The van der Waals surface area contributed by atoms with Crippen LogP contribution in [-0.4, -0.2) is 14.5 Å². The number of hydrogen-bond acceptors (Lipinski definition) is 3. The van der Waals surface area contributed by atoms with Crippen LogP contribution in [0.1, 0.15) is 25.6 Å². The Morgan fingerprint density at radius 2 is 1.80 bits per heavy atom. The van der Waals surface area contributed by atoms with Crippen molar-refractivity contribution in [2.75, 3.05) is 0 Å². The molecule has 0 spiro atoms. The molecule has 0 bridgehead atoms. The van der Waals surface area contributed by atoms with E-state index in [0.29, 0.717) is 0 Å². The van der Waals surface area contributed by atoms with E-state index in [0.717, 1.165) is 27.2 Å². The van der Waals surface area contributed by atoms with E-state index >= 15 is 0 Å². The molecule has 0 radical (unpaired) electrons. The quantitative estimate of drug-likeness (QED) is 0.657. The molecule has 0 aliphatic carbocycles. The lowest BCUT2D eigenvalue weighted by Crippen LogP contribution is -2.11. The predicted octanol–water partition coefficient (Wildman–Crippen LogP) is 4.27. The summed E-state index contributed by atoms with van der Waals surface area (Å²) in [5.74, 6) is 2.02. The molecule has 100 valence electrons. The molecular formula is C16H15N3S. The Balaban J connectivity index is 2.43. The normalized spacial score (nSPS) is 11.2. The molecule has 2 aromatic heterocycles. The second kappa shape index (κ2) is 5.13. The molecule has 0 saturated carbocycles. The third-order valence-electron chi connectivity index (χ3n) is 3.20. The SMILES string of the molecule is CC(C)c1nc2ccccc2c(=S)n1-c1ccccn1. The van der Waals surface area contributed by atoms with E-state index in [4.69, 9.17) is 17.2 Å². The van der Waals surface area contributed by atoms with Gasteiger partial charge in [0.25, 0.3) is 0 Å². The maximum Gasteiger partial charge on any atom is 0.139 e. The minimum absolute atomic E-state index is 0.267. The topological polar surface area (TPSA) is 30.7 Å². The zero-order valence-electron chi connectivity index (χ0n) is 11.4. The molecule has 3 nitrogen and oxygen atoms in total. The Hall–Kier alpha value is -2.07. The van der Waals surface area contributed by atoms with Crippen molar-refractivity contribution < 1.29 is 0 Å². The van der Waals surface area contributed by atoms with Gasteiger partial charge in [-0.2, -0.15) is 0 Å². The minimum Gasteiger partial charge on any atom is -0.272 e. The zero-order valence-corrected chi connectivity index (χ0v) is 12.3. The Labute approximate surface area is 122 Å². The highest BCUT2D eigenvalue weighted by molar-refractivity contribution is 7.71. The summed E-state index contributed by atoms with van der Waals surface area (Å²) >= 11 is 5.67. The van der Waals surface area contributed by atoms with E-state index in [9.17, 15) is 0 Å². The van der Waals surface area contributed by atoms with Gasteiger partial charge in [-0.15, -0.1) is 0 Å². The summed E-state index contributed by atoms with van der Waals surface area (Å²) in [6, 6.07) is 13.8. The average Bonchev–Trinajstić information content (AvgIpc) is 2.48. The fourth-order valence-corrected chi connectivity index (χ4v) is 2.60. The zero-order chi connectivity index (χ0) is 14.1. The molecule has 20 heavy (non-hydrogen) atoms. The lowest BCUT2D eigenvalue weighted by Gasteiger charge is -2.16. The number of nitrogens with zero attached hydrogens (tertiary/aromatic N) is 3. The number of hydrogen-bond donors (Lipinski definition) is 0. The van der Waals surface area contributed by atoms with Gasteiger partial charge in [-0.25, -0.2) is 9.97 Å². The molecule has 0 atom stereocenters. The van der Waals surface area contributed by atoms with Crippen molar-refractivity contribution in [1.82, 2.24) is 14.5 Å². The van der Waals surface area contributed by atoms with Crippen molar-refractivity contribution in [1.29, 1.82) is 0 Å². The van der Waals surface area contributed by atoms with Gasteiger partial charge in [0.05, 0.1) is 5.52 Å². The molecule has 0 N–H and O–H groups in total. The van der Waals surface area contributed by atoms with Crippen LogP contribution in [0.5, 0.6) is 0 Å². The second-order valence-corrected chi connectivity index (χ2v) is 5.36.